The lowest BCUT2D eigenvalue weighted by molar-refractivity contribution is -0.307. The Bertz CT molecular complexity index is 325. The number of hydrogen-bond acceptors (Lipinski definition) is 11. The minimum Gasteiger partial charge on any atom is -0.394 e. The van der Waals surface area contributed by atoms with Crippen molar-refractivity contribution in [3.8, 4) is 0 Å². The van der Waals surface area contributed by atoms with Crippen LogP contribution in [0.1, 0.15) is 0 Å². The van der Waals surface area contributed by atoms with Gasteiger partial charge in [0.15, 0.2) is 12.6 Å². The summed E-state index contributed by atoms with van der Waals surface area (Å²) in [6.45, 7) is -1.36. The minimum absolute atomic E-state index is 0.661. The van der Waals surface area contributed by atoms with Gasteiger partial charge >= 0.3 is 0 Å². The Kier molecular flexibility index (Phi) is 7.51. The van der Waals surface area contributed by atoms with Crippen molar-refractivity contribution >= 4 is 0 Å². The normalized spacial score (nSPS) is 37.1. The maximum atomic E-state index is 9.65. The molecule has 8 atom stereocenters. The summed E-state index contributed by atoms with van der Waals surface area (Å²) in [5.74, 6) is 0. The standard InChI is InChI=1S/C11H22O11/c12-1-4-6(15)7(16)9(18)11(22-4)21-2-3(13)5(14)8(17)10(19)20/h3-20H,1-2H2/t3-,4?,5-,6-,7-,8+,9+,11+/m0/s1. The molecule has 1 aliphatic rings. The summed E-state index contributed by atoms with van der Waals surface area (Å²) >= 11 is 0. The largest absolute Gasteiger partial charge is 0.394 e. The van der Waals surface area contributed by atoms with E-state index in [2.05, 4.69) is 0 Å². The van der Waals surface area contributed by atoms with Crippen LogP contribution in [0.15, 0.2) is 0 Å². The first-order valence-corrected chi connectivity index (χ1v) is 6.53. The van der Waals surface area contributed by atoms with Crippen LogP contribution < -0.4 is 0 Å². The van der Waals surface area contributed by atoms with E-state index in [1.165, 1.54) is 0 Å². The summed E-state index contributed by atoms with van der Waals surface area (Å²) in [7, 11) is 0. The number of aliphatic hydroxyl groups excluding tert-OH is 8. The van der Waals surface area contributed by atoms with Gasteiger partial charge in [-0.05, 0) is 0 Å². The second kappa shape index (κ2) is 8.42. The van der Waals surface area contributed by atoms with Gasteiger partial charge in [-0.25, -0.2) is 0 Å². The molecule has 9 N–H and O–H groups in total. The fourth-order valence-corrected chi connectivity index (χ4v) is 1.90. The fourth-order valence-electron chi connectivity index (χ4n) is 1.90. The van der Waals surface area contributed by atoms with Gasteiger partial charge in [-0.3, -0.25) is 0 Å². The van der Waals surface area contributed by atoms with E-state index in [4.69, 9.17) is 29.9 Å². The highest BCUT2D eigenvalue weighted by molar-refractivity contribution is 4.89. The smallest absolute Gasteiger partial charge is 0.186 e. The zero-order chi connectivity index (χ0) is 17.0. The van der Waals surface area contributed by atoms with Crippen molar-refractivity contribution in [3.05, 3.63) is 0 Å². The molecule has 0 saturated carbocycles. The molecule has 1 saturated heterocycles. The number of aliphatic hydroxyl groups is 9. The van der Waals surface area contributed by atoms with Gasteiger partial charge in [-0.15, -0.1) is 0 Å². The van der Waals surface area contributed by atoms with E-state index < -0.39 is 68.5 Å². The maximum absolute atomic E-state index is 9.65. The van der Waals surface area contributed by atoms with Crippen LogP contribution in [-0.2, 0) is 9.47 Å². The van der Waals surface area contributed by atoms with Crippen LogP contribution in [0, 0.1) is 0 Å². The second-order valence-electron chi connectivity index (χ2n) is 4.99. The Morgan fingerprint density at radius 1 is 0.864 bits per heavy atom. The molecule has 0 aromatic heterocycles. The third kappa shape index (κ3) is 4.53. The molecule has 0 radical (unpaired) electrons. The molecule has 1 unspecified atom stereocenters. The Morgan fingerprint density at radius 3 is 1.95 bits per heavy atom. The lowest BCUT2D eigenvalue weighted by Crippen LogP contribution is -2.59. The SMILES string of the molecule is OCC1O[C@@H](OC[C@H](O)[C@H](O)[C@@H](O)C(O)O)[C@H](O)[C@@H](O)[C@H]1O. The highest BCUT2D eigenvalue weighted by Gasteiger charge is 2.44. The van der Waals surface area contributed by atoms with Gasteiger partial charge in [0, 0.05) is 0 Å². The molecule has 0 aromatic carbocycles. The van der Waals surface area contributed by atoms with Crippen molar-refractivity contribution in [3.63, 3.8) is 0 Å². The predicted molar refractivity (Wildman–Crippen MR) is 66.0 cm³/mol. The van der Waals surface area contributed by atoms with E-state index in [1.807, 2.05) is 0 Å². The molecule has 132 valence electrons. The van der Waals surface area contributed by atoms with Crippen LogP contribution in [0.4, 0.5) is 0 Å². The third-order valence-electron chi connectivity index (χ3n) is 3.33. The minimum atomic E-state index is -2.28. The van der Waals surface area contributed by atoms with E-state index in [0.717, 1.165) is 0 Å². The number of ether oxygens (including phenoxy) is 2. The van der Waals surface area contributed by atoms with Gasteiger partial charge in [0.2, 0.25) is 0 Å². The fraction of sp³-hybridized carbons (Fsp3) is 1.00. The molecule has 1 aliphatic heterocycles. The van der Waals surface area contributed by atoms with E-state index in [-0.39, 0.29) is 0 Å². The van der Waals surface area contributed by atoms with Crippen molar-refractivity contribution in [1.82, 2.24) is 0 Å². The monoisotopic (exact) mass is 330 g/mol. The van der Waals surface area contributed by atoms with Crippen molar-refractivity contribution < 1.29 is 55.4 Å². The van der Waals surface area contributed by atoms with Crippen LogP contribution in [0.5, 0.6) is 0 Å². The van der Waals surface area contributed by atoms with Crippen LogP contribution in [-0.4, -0.2) is 114 Å². The summed E-state index contributed by atoms with van der Waals surface area (Å²) in [6, 6.07) is 0. The Labute approximate surface area is 125 Å². The number of hydrogen-bond donors (Lipinski definition) is 9. The first kappa shape index (κ1) is 19.6. The average molecular weight is 330 g/mol. The lowest BCUT2D eigenvalue weighted by Gasteiger charge is -2.40. The van der Waals surface area contributed by atoms with Crippen molar-refractivity contribution in [2.75, 3.05) is 13.2 Å². The molecular formula is C11H22O11. The molecule has 11 nitrogen and oxygen atoms in total. The summed E-state index contributed by atoms with van der Waals surface area (Å²) < 4.78 is 9.90. The molecule has 1 rings (SSSR count). The molecule has 22 heavy (non-hydrogen) atoms. The van der Waals surface area contributed by atoms with Crippen LogP contribution in [0.25, 0.3) is 0 Å². The van der Waals surface area contributed by atoms with E-state index in [1.54, 1.807) is 0 Å². The topological polar surface area (TPSA) is 201 Å². The summed E-state index contributed by atoms with van der Waals surface area (Å²) in [5.41, 5.74) is 0. The van der Waals surface area contributed by atoms with E-state index in [0.29, 0.717) is 0 Å². The molecule has 0 aromatic rings. The van der Waals surface area contributed by atoms with Gasteiger partial charge < -0.3 is 55.4 Å². The first-order valence-electron chi connectivity index (χ1n) is 6.53. The zero-order valence-corrected chi connectivity index (χ0v) is 11.5. The molecule has 11 heteroatoms. The number of rotatable bonds is 7. The molecule has 1 heterocycles. The van der Waals surface area contributed by atoms with Crippen molar-refractivity contribution in [2.45, 2.75) is 55.3 Å². The first-order chi connectivity index (χ1) is 10.2. The van der Waals surface area contributed by atoms with Crippen LogP contribution >= 0.6 is 0 Å². The van der Waals surface area contributed by atoms with Crippen LogP contribution in [0.2, 0.25) is 0 Å². The predicted octanol–water partition coefficient (Wildman–Crippen LogP) is -5.80. The highest BCUT2D eigenvalue weighted by Crippen LogP contribution is 2.22. The van der Waals surface area contributed by atoms with Crippen molar-refractivity contribution in [1.29, 1.82) is 0 Å². The Hall–Kier alpha value is -0.440. The maximum Gasteiger partial charge on any atom is 0.186 e. The average Bonchev–Trinajstić information content (AvgIpc) is 2.50. The van der Waals surface area contributed by atoms with Gasteiger partial charge in [-0.1, -0.05) is 0 Å². The molecular weight excluding hydrogens is 308 g/mol. The Morgan fingerprint density at radius 2 is 1.45 bits per heavy atom. The summed E-state index contributed by atoms with van der Waals surface area (Å²) in [4.78, 5) is 0. The van der Waals surface area contributed by atoms with Gasteiger partial charge in [0.25, 0.3) is 0 Å². The lowest BCUT2D eigenvalue weighted by atomic mass is 9.99. The molecule has 0 amide bonds. The van der Waals surface area contributed by atoms with Gasteiger partial charge in [0.1, 0.15) is 42.7 Å². The second-order valence-corrected chi connectivity index (χ2v) is 4.99. The Balaban J connectivity index is 2.55. The highest BCUT2D eigenvalue weighted by atomic mass is 16.7. The van der Waals surface area contributed by atoms with E-state index >= 15 is 0 Å². The summed E-state index contributed by atoms with van der Waals surface area (Å²) in [5, 5.41) is 83.1. The quantitative estimate of drug-likeness (QED) is 0.201. The molecule has 0 spiro atoms. The summed E-state index contributed by atoms with van der Waals surface area (Å²) in [6.07, 6.45) is -15.7. The van der Waals surface area contributed by atoms with Gasteiger partial charge in [-0.2, -0.15) is 0 Å². The molecule has 0 aliphatic carbocycles. The zero-order valence-electron chi connectivity index (χ0n) is 11.5. The molecule has 1 fully saturated rings. The van der Waals surface area contributed by atoms with Crippen molar-refractivity contribution in [2.24, 2.45) is 0 Å². The molecule has 0 bridgehead atoms. The third-order valence-corrected chi connectivity index (χ3v) is 3.33. The van der Waals surface area contributed by atoms with Crippen LogP contribution in [0.3, 0.4) is 0 Å². The van der Waals surface area contributed by atoms with E-state index in [9.17, 15) is 25.5 Å². The van der Waals surface area contributed by atoms with Gasteiger partial charge in [0.05, 0.1) is 13.2 Å².